The van der Waals surface area contributed by atoms with Gasteiger partial charge in [0.25, 0.3) is 0 Å². The van der Waals surface area contributed by atoms with Crippen LogP contribution in [0.25, 0.3) is 21.8 Å². The lowest BCUT2D eigenvalue weighted by Gasteiger charge is -2.06. The van der Waals surface area contributed by atoms with E-state index in [9.17, 15) is 9.90 Å². The topological polar surface area (TPSA) is 62.3 Å². The van der Waals surface area contributed by atoms with E-state index in [0.717, 1.165) is 16.4 Å². The number of esters is 1. The molecule has 0 unspecified atom stereocenters. The first kappa shape index (κ1) is 11.6. The molecular weight excluding hydrogens is 242 g/mol. The molecule has 0 saturated carbocycles. The van der Waals surface area contributed by atoms with Gasteiger partial charge >= 0.3 is 5.97 Å². The lowest BCUT2D eigenvalue weighted by atomic mass is 10.1. The molecule has 0 spiro atoms. The fourth-order valence-electron chi connectivity index (χ4n) is 2.34. The van der Waals surface area contributed by atoms with Crippen LogP contribution in [0.1, 0.15) is 17.3 Å². The summed E-state index contributed by atoms with van der Waals surface area (Å²) in [6, 6.07) is 10.9. The smallest absolute Gasteiger partial charge is 0.342 e. The third-order valence-corrected chi connectivity index (χ3v) is 3.13. The average Bonchev–Trinajstić information content (AvgIpc) is 2.77. The highest BCUT2D eigenvalue weighted by Crippen LogP contribution is 2.33. The van der Waals surface area contributed by atoms with Crippen LogP contribution < -0.4 is 0 Å². The van der Waals surface area contributed by atoms with Crippen molar-refractivity contribution in [2.24, 2.45) is 0 Å². The molecule has 0 aliphatic carbocycles. The van der Waals surface area contributed by atoms with Crippen LogP contribution >= 0.6 is 0 Å². The number of carbonyl (C=O) groups is 1. The van der Waals surface area contributed by atoms with E-state index < -0.39 is 5.97 Å². The number of phenols is 1. The molecule has 3 aromatic rings. The van der Waals surface area contributed by atoms with Crippen molar-refractivity contribution < 1.29 is 14.6 Å². The first-order valence-electron chi connectivity index (χ1n) is 6.12. The molecule has 1 aromatic heterocycles. The van der Waals surface area contributed by atoms with Crippen LogP contribution in [-0.4, -0.2) is 22.7 Å². The van der Waals surface area contributed by atoms with Gasteiger partial charge in [0.05, 0.1) is 6.61 Å². The Morgan fingerprint density at radius 3 is 2.79 bits per heavy atom. The minimum atomic E-state index is -0.504. The number of H-pyrrole nitrogens is 1. The van der Waals surface area contributed by atoms with Crippen molar-refractivity contribution in [2.45, 2.75) is 6.92 Å². The quantitative estimate of drug-likeness (QED) is 0.691. The SMILES string of the molecule is CCOC(=O)c1c(O)ccc2[nH]c3ccccc3c12. The average molecular weight is 255 g/mol. The van der Waals surface area contributed by atoms with E-state index >= 15 is 0 Å². The molecule has 0 radical (unpaired) electrons. The Labute approximate surface area is 109 Å². The van der Waals surface area contributed by atoms with Crippen LogP contribution in [0.5, 0.6) is 5.75 Å². The van der Waals surface area contributed by atoms with Gasteiger partial charge in [-0.25, -0.2) is 4.79 Å². The summed E-state index contributed by atoms with van der Waals surface area (Å²) in [4.78, 5) is 15.2. The molecule has 0 bridgehead atoms. The van der Waals surface area contributed by atoms with Crippen molar-refractivity contribution in [2.75, 3.05) is 6.61 Å². The van der Waals surface area contributed by atoms with Gasteiger partial charge < -0.3 is 14.8 Å². The van der Waals surface area contributed by atoms with Gasteiger partial charge in [-0.05, 0) is 25.1 Å². The largest absolute Gasteiger partial charge is 0.507 e. The molecule has 2 aromatic carbocycles. The summed E-state index contributed by atoms with van der Waals surface area (Å²) < 4.78 is 5.02. The molecule has 2 N–H and O–H groups in total. The maximum atomic E-state index is 12.0. The number of ether oxygens (including phenoxy) is 1. The lowest BCUT2D eigenvalue weighted by Crippen LogP contribution is -2.05. The number of hydrogen-bond acceptors (Lipinski definition) is 3. The van der Waals surface area contributed by atoms with Crippen LogP contribution in [0.2, 0.25) is 0 Å². The highest BCUT2D eigenvalue weighted by atomic mass is 16.5. The number of aromatic amines is 1. The second kappa shape index (κ2) is 4.31. The van der Waals surface area contributed by atoms with Crippen LogP contribution in [0, 0.1) is 0 Å². The first-order chi connectivity index (χ1) is 9.22. The standard InChI is InChI=1S/C15H13NO3/c1-2-19-15(18)14-12(17)8-7-11-13(14)9-5-3-4-6-10(9)16-11/h3-8,16-17H,2H2,1H3. The summed E-state index contributed by atoms with van der Waals surface area (Å²) in [7, 11) is 0. The van der Waals surface area contributed by atoms with E-state index in [1.165, 1.54) is 6.07 Å². The number of hydrogen-bond donors (Lipinski definition) is 2. The van der Waals surface area contributed by atoms with Gasteiger partial charge in [-0.15, -0.1) is 0 Å². The van der Waals surface area contributed by atoms with Crippen molar-refractivity contribution in [1.29, 1.82) is 0 Å². The lowest BCUT2D eigenvalue weighted by molar-refractivity contribution is 0.0525. The van der Waals surface area contributed by atoms with E-state index in [1.54, 1.807) is 13.0 Å². The Bertz CT molecular complexity index is 774. The monoisotopic (exact) mass is 255 g/mol. The number of aromatic hydroxyl groups is 1. The van der Waals surface area contributed by atoms with Crippen LogP contribution in [-0.2, 0) is 4.74 Å². The second-order valence-corrected chi connectivity index (χ2v) is 4.27. The van der Waals surface area contributed by atoms with Crippen molar-refractivity contribution >= 4 is 27.8 Å². The number of para-hydroxylation sites is 1. The molecule has 3 rings (SSSR count). The van der Waals surface area contributed by atoms with Crippen LogP contribution in [0.4, 0.5) is 0 Å². The number of rotatable bonds is 2. The van der Waals surface area contributed by atoms with Gasteiger partial charge in [-0.3, -0.25) is 0 Å². The third-order valence-electron chi connectivity index (χ3n) is 3.13. The fraction of sp³-hybridized carbons (Fsp3) is 0.133. The van der Waals surface area contributed by atoms with E-state index in [4.69, 9.17) is 4.74 Å². The summed E-state index contributed by atoms with van der Waals surface area (Å²) in [5, 5.41) is 11.6. The zero-order valence-electron chi connectivity index (χ0n) is 10.4. The summed E-state index contributed by atoms with van der Waals surface area (Å²) in [6.07, 6.45) is 0. The number of aromatic nitrogens is 1. The summed E-state index contributed by atoms with van der Waals surface area (Å²) in [6.45, 7) is 2.02. The molecule has 96 valence electrons. The van der Waals surface area contributed by atoms with Crippen molar-refractivity contribution in [3.05, 3.63) is 42.0 Å². The predicted molar refractivity (Wildman–Crippen MR) is 73.4 cm³/mol. The predicted octanol–water partition coefficient (Wildman–Crippen LogP) is 3.20. The van der Waals surface area contributed by atoms with Gasteiger partial charge in [0.15, 0.2) is 0 Å². The Morgan fingerprint density at radius 1 is 1.21 bits per heavy atom. The summed E-state index contributed by atoms with van der Waals surface area (Å²) in [5.41, 5.74) is 1.95. The number of fused-ring (bicyclic) bond motifs is 3. The molecule has 19 heavy (non-hydrogen) atoms. The maximum Gasteiger partial charge on any atom is 0.342 e. The number of nitrogens with one attached hydrogen (secondary N) is 1. The zero-order chi connectivity index (χ0) is 13.4. The van der Waals surface area contributed by atoms with Crippen molar-refractivity contribution in [3.8, 4) is 5.75 Å². The van der Waals surface area contributed by atoms with Crippen molar-refractivity contribution in [3.63, 3.8) is 0 Å². The molecule has 0 aliphatic heterocycles. The van der Waals surface area contributed by atoms with E-state index in [-0.39, 0.29) is 17.9 Å². The molecule has 0 aliphatic rings. The van der Waals surface area contributed by atoms with Crippen LogP contribution in [0.3, 0.4) is 0 Å². The van der Waals surface area contributed by atoms with Crippen molar-refractivity contribution in [1.82, 2.24) is 4.98 Å². The van der Waals surface area contributed by atoms with Gasteiger partial charge in [-0.2, -0.15) is 0 Å². The van der Waals surface area contributed by atoms with E-state index in [0.29, 0.717) is 5.39 Å². The molecule has 0 fully saturated rings. The first-order valence-corrected chi connectivity index (χ1v) is 6.12. The molecular formula is C15H13NO3. The third kappa shape index (κ3) is 1.73. The second-order valence-electron chi connectivity index (χ2n) is 4.27. The molecule has 0 atom stereocenters. The normalized spacial score (nSPS) is 11.0. The molecule has 1 heterocycles. The number of carbonyl (C=O) groups excluding carboxylic acids is 1. The van der Waals surface area contributed by atoms with E-state index in [1.807, 2.05) is 24.3 Å². The molecule has 0 amide bonds. The van der Waals surface area contributed by atoms with Gasteiger partial charge in [0.1, 0.15) is 11.3 Å². The molecule has 0 saturated heterocycles. The zero-order valence-corrected chi connectivity index (χ0v) is 10.4. The summed E-state index contributed by atoms with van der Waals surface area (Å²) in [5.74, 6) is -0.564. The maximum absolute atomic E-state index is 12.0. The minimum absolute atomic E-state index is 0.0595. The van der Waals surface area contributed by atoms with E-state index in [2.05, 4.69) is 4.98 Å². The highest BCUT2D eigenvalue weighted by Gasteiger charge is 2.19. The Kier molecular flexibility index (Phi) is 2.63. The molecule has 4 nitrogen and oxygen atoms in total. The minimum Gasteiger partial charge on any atom is -0.507 e. The number of phenolic OH excluding ortho intramolecular Hbond substituents is 1. The number of benzene rings is 2. The van der Waals surface area contributed by atoms with Gasteiger partial charge in [0, 0.05) is 21.8 Å². The van der Waals surface area contributed by atoms with Gasteiger partial charge in [0.2, 0.25) is 0 Å². The highest BCUT2D eigenvalue weighted by molar-refractivity contribution is 6.17. The van der Waals surface area contributed by atoms with Gasteiger partial charge in [-0.1, -0.05) is 18.2 Å². The fourth-order valence-corrected chi connectivity index (χ4v) is 2.34. The Balaban J connectivity index is 2.41. The Hall–Kier alpha value is -2.49. The summed E-state index contributed by atoms with van der Waals surface area (Å²) >= 11 is 0. The molecule has 4 heteroatoms. The van der Waals surface area contributed by atoms with Crippen LogP contribution in [0.15, 0.2) is 36.4 Å². The Morgan fingerprint density at radius 2 is 2.00 bits per heavy atom.